The molecule has 0 aliphatic carbocycles. The maximum Gasteiger partial charge on any atom is 0.254 e. The number of hydrogen-bond donors (Lipinski definition) is 2. The van der Waals surface area contributed by atoms with Crippen molar-refractivity contribution in [2.75, 3.05) is 26.2 Å². The van der Waals surface area contributed by atoms with Crippen molar-refractivity contribution in [3.05, 3.63) is 71.3 Å². The summed E-state index contributed by atoms with van der Waals surface area (Å²) in [6.45, 7) is 2.37. The van der Waals surface area contributed by atoms with Gasteiger partial charge in [-0.25, -0.2) is 8.78 Å². The molecule has 0 radical (unpaired) electrons. The van der Waals surface area contributed by atoms with Crippen molar-refractivity contribution in [1.82, 2.24) is 10.2 Å². The first-order chi connectivity index (χ1) is 12.5. The number of carbonyl (C=O) groups is 1. The van der Waals surface area contributed by atoms with Crippen LogP contribution in [0, 0.1) is 11.6 Å². The van der Waals surface area contributed by atoms with Gasteiger partial charge in [0.2, 0.25) is 0 Å². The Labute approximate surface area is 151 Å². The highest BCUT2D eigenvalue weighted by molar-refractivity contribution is 5.94. The number of benzene rings is 2. The van der Waals surface area contributed by atoms with Gasteiger partial charge in [0.25, 0.3) is 5.91 Å². The third-order valence-electron chi connectivity index (χ3n) is 4.90. The molecule has 2 N–H and O–H groups in total. The van der Waals surface area contributed by atoms with Crippen LogP contribution in [0.4, 0.5) is 8.78 Å². The number of nitrogens with one attached hydrogen (secondary N) is 1. The Kier molecular flexibility index (Phi) is 5.64. The van der Waals surface area contributed by atoms with Gasteiger partial charge in [0.05, 0.1) is 11.2 Å². The molecule has 26 heavy (non-hydrogen) atoms. The molecule has 0 saturated carbocycles. The lowest BCUT2D eigenvalue weighted by molar-refractivity contribution is -0.0255. The second kappa shape index (κ2) is 7.93. The summed E-state index contributed by atoms with van der Waals surface area (Å²) in [5, 5.41) is 13.5. The van der Waals surface area contributed by atoms with Gasteiger partial charge in [-0.1, -0.05) is 24.3 Å². The molecule has 1 aliphatic rings. The summed E-state index contributed by atoms with van der Waals surface area (Å²) in [5.41, 5.74) is -0.177. The van der Waals surface area contributed by atoms with Gasteiger partial charge < -0.3 is 15.3 Å². The number of piperidine rings is 1. The van der Waals surface area contributed by atoms with Crippen LogP contribution in [0.3, 0.4) is 0 Å². The molecule has 1 saturated heterocycles. The van der Waals surface area contributed by atoms with E-state index in [4.69, 9.17) is 0 Å². The number of rotatable bonds is 5. The van der Waals surface area contributed by atoms with Crippen molar-refractivity contribution >= 4 is 5.91 Å². The van der Waals surface area contributed by atoms with E-state index in [1.54, 1.807) is 24.3 Å². The smallest absolute Gasteiger partial charge is 0.254 e. The highest BCUT2D eigenvalue weighted by atomic mass is 19.1. The van der Waals surface area contributed by atoms with Crippen LogP contribution in [-0.4, -0.2) is 42.1 Å². The van der Waals surface area contributed by atoms with Gasteiger partial charge in [-0.05, 0) is 42.7 Å². The SMILES string of the molecule is O=C(NCCN1CCC(O)(c2ccc(F)cc2)CC1)c1ccccc1F. The van der Waals surface area contributed by atoms with E-state index in [1.165, 1.54) is 24.3 Å². The number of hydrogen-bond acceptors (Lipinski definition) is 3. The van der Waals surface area contributed by atoms with E-state index in [9.17, 15) is 18.7 Å². The van der Waals surface area contributed by atoms with Crippen LogP contribution in [0.5, 0.6) is 0 Å². The van der Waals surface area contributed by atoms with Crippen LogP contribution < -0.4 is 5.32 Å². The van der Waals surface area contributed by atoms with Crippen LogP contribution in [0.1, 0.15) is 28.8 Å². The molecule has 0 spiro atoms. The standard InChI is InChI=1S/C20H22F2N2O2/c21-16-7-5-15(6-8-16)20(26)9-12-24(13-10-20)14-11-23-19(25)17-3-1-2-4-18(17)22/h1-8,26H,9-14H2,(H,23,25). The van der Waals surface area contributed by atoms with E-state index in [0.29, 0.717) is 39.0 Å². The first kappa shape index (κ1) is 18.5. The van der Waals surface area contributed by atoms with Crippen molar-refractivity contribution in [3.63, 3.8) is 0 Å². The van der Waals surface area contributed by atoms with Crippen LogP contribution in [0.25, 0.3) is 0 Å². The van der Waals surface area contributed by atoms with Crippen molar-refractivity contribution in [1.29, 1.82) is 0 Å². The molecule has 6 heteroatoms. The molecular formula is C20H22F2N2O2. The van der Waals surface area contributed by atoms with Crippen LogP contribution >= 0.6 is 0 Å². The summed E-state index contributed by atoms with van der Waals surface area (Å²) in [6, 6.07) is 11.8. The zero-order valence-electron chi connectivity index (χ0n) is 14.4. The summed E-state index contributed by atoms with van der Waals surface area (Å²) in [5.74, 6) is -1.28. The minimum Gasteiger partial charge on any atom is -0.385 e. The molecule has 2 aromatic rings. The molecule has 0 atom stereocenters. The van der Waals surface area contributed by atoms with Gasteiger partial charge in [0.1, 0.15) is 11.6 Å². The predicted molar refractivity (Wildman–Crippen MR) is 94.7 cm³/mol. The number of likely N-dealkylation sites (tertiary alicyclic amines) is 1. The Bertz CT molecular complexity index is 757. The summed E-state index contributed by atoms with van der Waals surface area (Å²) >= 11 is 0. The molecular weight excluding hydrogens is 338 g/mol. The van der Waals surface area contributed by atoms with E-state index in [1.807, 2.05) is 0 Å². The Balaban J connectivity index is 1.46. The molecule has 4 nitrogen and oxygen atoms in total. The number of halogens is 2. The normalized spacial score (nSPS) is 17.0. The van der Waals surface area contributed by atoms with E-state index in [2.05, 4.69) is 10.2 Å². The number of carbonyl (C=O) groups excluding carboxylic acids is 1. The predicted octanol–water partition coefficient (Wildman–Crippen LogP) is 2.68. The van der Waals surface area contributed by atoms with Crippen molar-refractivity contribution in [3.8, 4) is 0 Å². The highest BCUT2D eigenvalue weighted by Crippen LogP contribution is 2.32. The summed E-state index contributed by atoms with van der Waals surface area (Å²) in [4.78, 5) is 14.1. The first-order valence-electron chi connectivity index (χ1n) is 8.71. The lowest BCUT2D eigenvalue weighted by Gasteiger charge is -2.38. The third kappa shape index (κ3) is 4.26. The Morgan fingerprint density at radius 3 is 2.38 bits per heavy atom. The highest BCUT2D eigenvalue weighted by Gasteiger charge is 2.33. The summed E-state index contributed by atoms with van der Waals surface area (Å²) in [6.07, 6.45) is 1.08. The number of nitrogens with zero attached hydrogens (tertiary/aromatic N) is 1. The van der Waals surface area contributed by atoms with Gasteiger partial charge in [-0.15, -0.1) is 0 Å². The third-order valence-corrected chi connectivity index (χ3v) is 4.90. The van der Waals surface area contributed by atoms with Crippen molar-refractivity contribution in [2.24, 2.45) is 0 Å². The van der Waals surface area contributed by atoms with Gasteiger partial charge in [0, 0.05) is 26.2 Å². The largest absolute Gasteiger partial charge is 0.385 e. The maximum atomic E-state index is 13.6. The second-order valence-electron chi connectivity index (χ2n) is 6.62. The average molecular weight is 360 g/mol. The Morgan fingerprint density at radius 2 is 1.73 bits per heavy atom. The quantitative estimate of drug-likeness (QED) is 0.862. The monoisotopic (exact) mass is 360 g/mol. The zero-order chi connectivity index (χ0) is 18.6. The average Bonchev–Trinajstić information content (AvgIpc) is 2.64. The van der Waals surface area contributed by atoms with Crippen molar-refractivity contribution < 1.29 is 18.7 Å². The fraction of sp³-hybridized carbons (Fsp3) is 0.350. The second-order valence-corrected chi connectivity index (χ2v) is 6.62. The molecule has 138 valence electrons. The molecule has 1 amide bonds. The first-order valence-corrected chi connectivity index (χ1v) is 8.71. The minimum absolute atomic E-state index is 0.0387. The zero-order valence-corrected chi connectivity index (χ0v) is 14.4. The molecule has 0 bridgehead atoms. The minimum atomic E-state index is -0.944. The van der Waals surface area contributed by atoms with Crippen molar-refractivity contribution in [2.45, 2.75) is 18.4 Å². The van der Waals surface area contributed by atoms with Crippen LogP contribution in [-0.2, 0) is 5.60 Å². The molecule has 1 aliphatic heterocycles. The van der Waals surface area contributed by atoms with Gasteiger partial charge >= 0.3 is 0 Å². The number of aliphatic hydroxyl groups is 1. The maximum absolute atomic E-state index is 13.6. The Morgan fingerprint density at radius 1 is 1.08 bits per heavy atom. The summed E-state index contributed by atoms with van der Waals surface area (Å²) < 4.78 is 26.6. The van der Waals surface area contributed by atoms with Crippen LogP contribution in [0.15, 0.2) is 48.5 Å². The van der Waals surface area contributed by atoms with E-state index in [-0.39, 0.29) is 11.4 Å². The summed E-state index contributed by atoms with van der Waals surface area (Å²) in [7, 11) is 0. The Hall–Kier alpha value is -2.31. The number of amides is 1. The molecule has 0 unspecified atom stereocenters. The lowest BCUT2D eigenvalue weighted by Crippen LogP contribution is -2.45. The van der Waals surface area contributed by atoms with E-state index >= 15 is 0 Å². The fourth-order valence-corrected chi connectivity index (χ4v) is 3.26. The van der Waals surface area contributed by atoms with Gasteiger partial charge in [0.15, 0.2) is 0 Å². The molecule has 2 aromatic carbocycles. The molecule has 1 fully saturated rings. The molecule has 1 heterocycles. The molecule has 3 rings (SSSR count). The fourth-order valence-electron chi connectivity index (χ4n) is 3.26. The van der Waals surface area contributed by atoms with Crippen LogP contribution in [0.2, 0.25) is 0 Å². The van der Waals surface area contributed by atoms with Gasteiger partial charge in [-0.3, -0.25) is 4.79 Å². The van der Waals surface area contributed by atoms with Gasteiger partial charge in [-0.2, -0.15) is 0 Å². The lowest BCUT2D eigenvalue weighted by atomic mass is 9.84. The molecule has 0 aromatic heterocycles. The topological polar surface area (TPSA) is 52.6 Å². The van der Waals surface area contributed by atoms with E-state index < -0.39 is 17.3 Å². The van der Waals surface area contributed by atoms with E-state index in [0.717, 1.165) is 5.56 Å².